The Morgan fingerprint density at radius 1 is 1.44 bits per heavy atom. The Balaban J connectivity index is 3.01. The van der Waals surface area contributed by atoms with Gasteiger partial charge in [-0.05, 0) is 24.6 Å². The minimum atomic E-state index is -3.38. The average Bonchev–Trinajstić information content (AvgIpc) is 2.29. The maximum absolute atomic E-state index is 11.6. The molecule has 1 aromatic carbocycles. The summed E-state index contributed by atoms with van der Waals surface area (Å²) in [5.41, 5.74) is 0.887. The van der Waals surface area contributed by atoms with Crippen LogP contribution in [0.3, 0.4) is 0 Å². The van der Waals surface area contributed by atoms with Gasteiger partial charge in [0.2, 0.25) is 10.0 Å². The molecule has 98 valence electrons. The van der Waals surface area contributed by atoms with E-state index in [1.807, 2.05) is 0 Å². The molecule has 18 heavy (non-hydrogen) atoms. The number of halogens is 1. The van der Waals surface area contributed by atoms with Gasteiger partial charge in [0.05, 0.1) is 16.5 Å². The quantitative estimate of drug-likeness (QED) is 0.831. The van der Waals surface area contributed by atoms with Gasteiger partial charge in [0.1, 0.15) is 6.61 Å². The highest BCUT2D eigenvalue weighted by Crippen LogP contribution is 2.24. The van der Waals surface area contributed by atoms with E-state index in [4.69, 9.17) is 16.7 Å². The highest BCUT2D eigenvalue weighted by molar-refractivity contribution is 7.92. The number of hydrogen-bond donors (Lipinski definition) is 2. The van der Waals surface area contributed by atoms with Crippen LogP contribution in [0.5, 0.6) is 0 Å². The summed E-state index contributed by atoms with van der Waals surface area (Å²) < 4.78 is 25.7. The number of anilines is 1. The SMILES string of the molecule is CCCS(=O)(=O)Nc1cc(C#CCO)ccc1Cl. The second-order valence-corrected chi connectivity index (χ2v) is 5.82. The van der Waals surface area contributed by atoms with Crippen molar-refractivity contribution in [2.45, 2.75) is 13.3 Å². The highest BCUT2D eigenvalue weighted by Gasteiger charge is 2.11. The Morgan fingerprint density at radius 2 is 2.17 bits per heavy atom. The second-order valence-electron chi connectivity index (χ2n) is 3.58. The summed E-state index contributed by atoms with van der Waals surface area (Å²) >= 11 is 5.91. The molecule has 0 fully saturated rings. The first kappa shape index (κ1) is 14.8. The molecule has 0 aliphatic carbocycles. The van der Waals surface area contributed by atoms with E-state index in [0.29, 0.717) is 22.7 Å². The fourth-order valence-electron chi connectivity index (χ4n) is 1.31. The summed E-state index contributed by atoms with van der Waals surface area (Å²) in [5.74, 6) is 5.21. The van der Waals surface area contributed by atoms with Gasteiger partial charge in [-0.15, -0.1) is 0 Å². The van der Waals surface area contributed by atoms with Crippen LogP contribution >= 0.6 is 11.6 Å². The monoisotopic (exact) mass is 287 g/mol. The van der Waals surface area contributed by atoms with Gasteiger partial charge in [-0.1, -0.05) is 30.4 Å². The summed E-state index contributed by atoms with van der Waals surface area (Å²) in [7, 11) is -3.38. The van der Waals surface area contributed by atoms with Crippen molar-refractivity contribution in [3.8, 4) is 11.8 Å². The van der Waals surface area contributed by atoms with Crippen LogP contribution in [0.15, 0.2) is 18.2 Å². The number of nitrogens with one attached hydrogen (secondary N) is 1. The minimum Gasteiger partial charge on any atom is -0.384 e. The molecule has 0 spiro atoms. The molecule has 0 saturated carbocycles. The lowest BCUT2D eigenvalue weighted by atomic mass is 10.2. The van der Waals surface area contributed by atoms with Crippen LogP contribution in [0.25, 0.3) is 0 Å². The summed E-state index contributed by atoms with van der Waals surface area (Å²) in [6.45, 7) is 1.53. The van der Waals surface area contributed by atoms with E-state index in [9.17, 15) is 8.42 Å². The van der Waals surface area contributed by atoms with E-state index >= 15 is 0 Å². The van der Waals surface area contributed by atoms with Crippen LogP contribution in [0.1, 0.15) is 18.9 Å². The van der Waals surface area contributed by atoms with Crippen molar-refractivity contribution in [2.75, 3.05) is 17.1 Å². The van der Waals surface area contributed by atoms with Gasteiger partial charge >= 0.3 is 0 Å². The molecule has 0 amide bonds. The lowest BCUT2D eigenvalue weighted by molar-refractivity contribution is 0.350. The Hall–Kier alpha value is -1.22. The first-order chi connectivity index (χ1) is 8.48. The predicted octanol–water partition coefficient (Wildman–Crippen LogP) is 1.84. The van der Waals surface area contributed by atoms with Crippen LogP contribution < -0.4 is 4.72 Å². The van der Waals surface area contributed by atoms with Gasteiger partial charge in [0, 0.05) is 5.56 Å². The molecule has 2 N–H and O–H groups in total. The van der Waals surface area contributed by atoms with Gasteiger partial charge in [-0.25, -0.2) is 8.42 Å². The molecule has 1 rings (SSSR count). The second kappa shape index (κ2) is 6.64. The molecule has 0 aromatic heterocycles. The molecule has 0 radical (unpaired) electrons. The third-order valence-corrected chi connectivity index (χ3v) is 3.82. The molecule has 1 aromatic rings. The van der Waals surface area contributed by atoms with E-state index in [0.717, 1.165) is 0 Å². The number of sulfonamides is 1. The van der Waals surface area contributed by atoms with Gasteiger partial charge in [-0.3, -0.25) is 4.72 Å². The predicted molar refractivity (Wildman–Crippen MR) is 73.1 cm³/mol. The molecule has 6 heteroatoms. The van der Waals surface area contributed by atoms with Gasteiger partial charge < -0.3 is 5.11 Å². The third-order valence-electron chi connectivity index (χ3n) is 2.02. The number of benzene rings is 1. The van der Waals surface area contributed by atoms with E-state index in [1.165, 1.54) is 6.07 Å². The molecular formula is C12H14ClNO3S. The van der Waals surface area contributed by atoms with Gasteiger partial charge in [0.25, 0.3) is 0 Å². The van der Waals surface area contributed by atoms with E-state index in [-0.39, 0.29) is 12.4 Å². The summed E-state index contributed by atoms with van der Waals surface area (Å²) in [6.07, 6.45) is 0.525. The fourth-order valence-corrected chi connectivity index (χ4v) is 2.67. The molecular weight excluding hydrogens is 274 g/mol. The Kier molecular flexibility index (Phi) is 5.48. The van der Waals surface area contributed by atoms with E-state index in [1.54, 1.807) is 19.1 Å². The topological polar surface area (TPSA) is 66.4 Å². The van der Waals surface area contributed by atoms with Gasteiger partial charge in [-0.2, -0.15) is 0 Å². The molecule has 0 aliphatic rings. The molecule has 0 bridgehead atoms. The average molecular weight is 288 g/mol. The van der Waals surface area contributed by atoms with Crippen molar-refractivity contribution < 1.29 is 13.5 Å². The Morgan fingerprint density at radius 3 is 2.78 bits per heavy atom. The summed E-state index contributed by atoms with van der Waals surface area (Å²) in [6, 6.07) is 4.76. The van der Waals surface area contributed by atoms with Crippen LogP contribution in [0, 0.1) is 11.8 Å². The first-order valence-corrected chi connectivity index (χ1v) is 7.41. The van der Waals surface area contributed by atoms with Crippen LogP contribution in [0.2, 0.25) is 5.02 Å². The maximum Gasteiger partial charge on any atom is 0.232 e. The third kappa shape index (κ3) is 4.57. The Bertz CT molecular complexity index is 573. The summed E-state index contributed by atoms with van der Waals surface area (Å²) in [4.78, 5) is 0. The van der Waals surface area contributed by atoms with Crippen LogP contribution in [-0.2, 0) is 10.0 Å². The number of aliphatic hydroxyl groups is 1. The van der Waals surface area contributed by atoms with Crippen LogP contribution in [-0.4, -0.2) is 25.9 Å². The fraction of sp³-hybridized carbons (Fsp3) is 0.333. The largest absolute Gasteiger partial charge is 0.384 e. The number of hydrogen-bond acceptors (Lipinski definition) is 3. The summed E-state index contributed by atoms with van der Waals surface area (Å²) in [5, 5.41) is 8.91. The molecule has 0 aliphatic heterocycles. The van der Waals surface area contributed by atoms with Crippen molar-refractivity contribution in [1.82, 2.24) is 0 Å². The zero-order chi connectivity index (χ0) is 13.6. The zero-order valence-electron chi connectivity index (χ0n) is 9.90. The minimum absolute atomic E-state index is 0.0376. The van der Waals surface area contributed by atoms with Crippen molar-refractivity contribution in [1.29, 1.82) is 0 Å². The molecule has 4 nitrogen and oxygen atoms in total. The zero-order valence-corrected chi connectivity index (χ0v) is 11.5. The molecule has 0 atom stereocenters. The van der Waals surface area contributed by atoms with E-state index in [2.05, 4.69) is 16.6 Å². The lowest BCUT2D eigenvalue weighted by Gasteiger charge is -2.09. The Labute approximate surface area is 112 Å². The smallest absolute Gasteiger partial charge is 0.232 e. The van der Waals surface area contributed by atoms with Crippen molar-refractivity contribution in [3.05, 3.63) is 28.8 Å². The lowest BCUT2D eigenvalue weighted by Crippen LogP contribution is -2.16. The van der Waals surface area contributed by atoms with E-state index < -0.39 is 10.0 Å². The first-order valence-electron chi connectivity index (χ1n) is 5.38. The number of rotatable bonds is 4. The molecule has 0 saturated heterocycles. The van der Waals surface area contributed by atoms with Crippen LogP contribution in [0.4, 0.5) is 5.69 Å². The van der Waals surface area contributed by atoms with Crippen molar-refractivity contribution in [2.24, 2.45) is 0 Å². The maximum atomic E-state index is 11.6. The number of aliphatic hydroxyl groups excluding tert-OH is 1. The molecule has 0 unspecified atom stereocenters. The standard InChI is InChI=1S/C12H14ClNO3S/c1-2-8-18(16,17)14-12-9-10(4-3-7-15)5-6-11(12)13/h5-6,9,14-15H,2,7-8H2,1H3. The van der Waals surface area contributed by atoms with Crippen molar-refractivity contribution in [3.63, 3.8) is 0 Å². The molecule has 0 heterocycles. The van der Waals surface area contributed by atoms with Crippen molar-refractivity contribution >= 4 is 27.3 Å². The highest BCUT2D eigenvalue weighted by atomic mass is 35.5. The normalized spacial score (nSPS) is 10.6. The van der Waals surface area contributed by atoms with Gasteiger partial charge in [0.15, 0.2) is 0 Å².